The topological polar surface area (TPSA) is 55.6 Å². The number of hydrogen-bond donors (Lipinski definition) is 1. The van der Waals surface area contributed by atoms with Gasteiger partial charge in [0.05, 0.1) is 24.0 Å². The van der Waals surface area contributed by atoms with E-state index in [4.69, 9.17) is 10.5 Å². The van der Waals surface area contributed by atoms with Crippen molar-refractivity contribution in [2.75, 3.05) is 31.3 Å². The third-order valence-corrected chi connectivity index (χ3v) is 2.49. The molecule has 0 aliphatic carbocycles. The summed E-state index contributed by atoms with van der Waals surface area (Å²) in [7, 11) is 3.30. The van der Waals surface area contributed by atoms with E-state index in [1.807, 2.05) is 11.9 Å². The van der Waals surface area contributed by atoms with Gasteiger partial charge >= 0.3 is 5.97 Å². The molecule has 1 rings (SSSR count). The molecule has 17 heavy (non-hydrogen) atoms. The van der Waals surface area contributed by atoms with E-state index >= 15 is 0 Å². The Hall–Kier alpha value is -1.71. The van der Waals surface area contributed by atoms with Crippen molar-refractivity contribution in [2.24, 2.45) is 5.92 Å². The zero-order valence-corrected chi connectivity index (χ0v) is 10.9. The fourth-order valence-electron chi connectivity index (χ4n) is 1.90. The Morgan fingerprint density at radius 3 is 2.65 bits per heavy atom. The number of methoxy groups -OCH3 is 1. The summed E-state index contributed by atoms with van der Waals surface area (Å²) in [6.45, 7) is 5.07. The van der Waals surface area contributed by atoms with E-state index in [1.54, 1.807) is 18.2 Å². The van der Waals surface area contributed by atoms with Crippen LogP contribution >= 0.6 is 0 Å². The van der Waals surface area contributed by atoms with Crippen LogP contribution in [0.25, 0.3) is 0 Å². The van der Waals surface area contributed by atoms with Crippen molar-refractivity contribution >= 4 is 17.3 Å². The number of rotatable bonds is 4. The molecule has 0 amide bonds. The molecule has 0 radical (unpaired) electrons. The van der Waals surface area contributed by atoms with Crippen LogP contribution in [0.1, 0.15) is 24.2 Å². The Balaban J connectivity index is 3.15. The molecule has 0 aliphatic rings. The Morgan fingerprint density at radius 1 is 1.47 bits per heavy atom. The largest absolute Gasteiger partial charge is 0.465 e. The molecule has 0 saturated carbocycles. The number of carbonyl (C=O) groups is 1. The number of hydrogen-bond acceptors (Lipinski definition) is 4. The molecular formula is C13H20N2O2. The Morgan fingerprint density at radius 2 is 2.12 bits per heavy atom. The molecule has 1 aromatic rings. The number of nitrogens with two attached hydrogens (primary N) is 1. The lowest BCUT2D eigenvalue weighted by atomic mass is 10.1. The second-order valence-electron chi connectivity index (χ2n) is 4.51. The van der Waals surface area contributed by atoms with Crippen molar-refractivity contribution in [1.82, 2.24) is 0 Å². The highest BCUT2D eigenvalue weighted by atomic mass is 16.5. The van der Waals surface area contributed by atoms with Gasteiger partial charge in [0.2, 0.25) is 0 Å². The first kappa shape index (κ1) is 13.4. The second kappa shape index (κ2) is 5.57. The standard InChI is InChI=1S/C13H20N2O2/c1-9(2)8-15(3)12-10(13(16)17-4)6-5-7-11(12)14/h5-7,9H,8,14H2,1-4H3. The molecule has 4 heteroatoms. The number of ether oxygens (including phenoxy) is 1. The summed E-state index contributed by atoms with van der Waals surface area (Å²) >= 11 is 0. The van der Waals surface area contributed by atoms with E-state index in [-0.39, 0.29) is 5.97 Å². The van der Waals surface area contributed by atoms with Crippen LogP contribution in [-0.4, -0.2) is 26.7 Å². The molecule has 4 nitrogen and oxygen atoms in total. The molecule has 1 aromatic carbocycles. The number of carbonyl (C=O) groups excluding carboxylic acids is 1. The lowest BCUT2D eigenvalue weighted by Crippen LogP contribution is -2.25. The highest BCUT2D eigenvalue weighted by molar-refractivity contribution is 5.99. The smallest absolute Gasteiger partial charge is 0.340 e. The lowest BCUT2D eigenvalue weighted by molar-refractivity contribution is 0.0601. The van der Waals surface area contributed by atoms with E-state index in [0.717, 1.165) is 12.2 Å². The van der Waals surface area contributed by atoms with Crippen LogP contribution in [0.5, 0.6) is 0 Å². The number of benzene rings is 1. The quantitative estimate of drug-likeness (QED) is 0.643. The van der Waals surface area contributed by atoms with E-state index in [9.17, 15) is 4.79 Å². The lowest BCUT2D eigenvalue weighted by Gasteiger charge is -2.25. The van der Waals surface area contributed by atoms with Crippen molar-refractivity contribution in [3.63, 3.8) is 0 Å². The van der Waals surface area contributed by atoms with Crippen LogP contribution in [0.3, 0.4) is 0 Å². The summed E-state index contributed by atoms with van der Waals surface area (Å²) in [5.41, 5.74) is 7.79. The molecule has 0 unspecified atom stereocenters. The minimum absolute atomic E-state index is 0.358. The molecule has 0 atom stereocenters. The third kappa shape index (κ3) is 3.12. The van der Waals surface area contributed by atoms with E-state index in [0.29, 0.717) is 17.2 Å². The average Bonchev–Trinajstić information content (AvgIpc) is 2.26. The summed E-state index contributed by atoms with van der Waals surface area (Å²) in [5, 5.41) is 0. The number of para-hydroxylation sites is 1. The SMILES string of the molecule is COC(=O)c1cccc(N)c1N(C)CC(C)C. The van der Waals surface area contributed by atoms with Gasteiger partial charge in [-0.3, -0.25) is 0 Å². The van der Waals surface area contributed by atoms with Gasteiger partial charge in [-0.25, -0.2) is 4.79 Å². The van der Waals surface area contributed by atoms with Gasteiger partial charge in [0.1, 0.15) is 0 Å². The molecule has 0 bridgehead atoms. The molecular weight excluding hydrogens is 216 g/mol. The van der Waals surface area contributed by atoms with Crippen molar-refractivity contribution in [1.29, 1.82) is 0 Å². The Kier molecular flexibility index (Phi) is 4.37. The van der Waals surface area contributed by atoms with Crippen LogP contribution in [0.2, 0.25) is 0 Å². The first-order valence-electron chi connectivity index (χ1n) is 5.65. The second-order valence-corrected chi connectivity index (χ2v) is 4.51. The van der Waals surface area contributed by atoms with Gasteiger partial charge in [-0.1, -0.05) is 19.9 Å². The molecule has 0 saturated heterocycles. The maximum absolute atomic E-state index is 11.7. The molecule has 94 valence electrons. The zero-order chi connectivity index (χ0) is 13.0. The number of anilines is 2. The van der Waals surface area contributed by atoms with Gasteiger partial charge in [-0.2, -0.15) is 0 Å². The maximum Gasteiger partial charge on any atom is 0.340 e. The van der Waals surface area contributed by atoms with E-state index < -0.39 is 0 Å². The van der Waals surface area contributed by atoms with Crippen LogP contribution in [0.15, 0.2) is 18.2 Å². The highest BCUT2D eigenvalue weighted by Gasteiger charge is 2.17. The molecule has 0 spiro atoms. The van der Waals surface area contributed by atoms with Gasteiger partial charge < -0.3 is 15.4 Å². The van der Waals surface area contributed by atoms with Gasteiger partial charge in [-0.05, 0) is 18.1 Å². The molecule has 0 aliphatic heterocycles. The molecule has 0 fully saturated rings. The van der Waals surface area contributed by atoms with Crippen LogP contribution in [-0.2, 0) is 4.74 Å². The summed E-state index contributed by atoms with van der Waals surface area (Å²) in [6, 6.07) is 5.28. The Bertz CT molecular complexity index is 402. The predicted molar refractivity (Wildman–Crippen MR) is 70.3 cm³/mol. The number of nitrogen functional groups attached to an aromatic ring is 1. The third-order valence-electron chi connectivity index (χ3n) is 2.49. The van der Waals surface area contributed by atoms with Crippen LogP contribution in [0.4, 0.5) is 11.4 Å². The number of esters is 1. The monoisotopic (exact) mass is 236 g/mol. The normalized spacial score (nSPS) is 10.4. The summed E-state index contributed by atoms with van der Waals surface area (Å²) in [6.07, 6.45) is 0. The van der Waals surface area contributed by atoms with Gasteiger partial charge in [0.25, 0.3) is 0 Å². The van der Waals surface area contributed by atoms with E-state index in [2.05, 4.69) is 13.8 Å². The van der Waals surface area contributed by atoms with Crippen molar-refractivity contribution < 1.29 is 9.53 Å². The first-order valence-corrected chi connectivity index (χ1v) is 5.65. The zero-order valence-electron chi connectivity index (χ0n) is 10.9. The Labute approximate surface area is 102 Å². The minimum atomic E-state index is -0.358. The molecule has 2 N–H and O–H groups in total. The minimum Gasteiger partial charge on any atom is -0.465 e. The molecule has 0 aromatic heterocycles. The summed E-state index contributed by atoms with van der Waals surface area (Å²) < 4.78 is 4.77. The predicted octanol–water partition coefficient (Wildman–Crippen LogP) is 2.15. The number of nitrogens with zero attached hydrogens (tertiary/aromatic N) is 1. The average molecular weight is 236 g/mol. The molecule has 0 heterocycles. The van der Waals surface area contributed by atoms with Gasteiger partial charge in [0, 0.05) is 13.6 Å². The van der Waals surface area contributed by atoms with Gasteiger partial charge in [-0.15, -0.1) is 0 Å². The van der Waals surface area contributed by atoms with Crippen LogP contribution in [0, 0.1) is 5.92 Å². The summed E-state index contributed by atoms with van der Waals surface area (Å²) in [5.74, 6) is 0.132. The van der Waals surface area contributed by atoms with Gasteiger partial charge in [0.15, 0.2) is 0 Å². The highest BCUT2D eigenvalue weighted by Crippen LogP contribution is 2.28. The fourth-order valence-corrected chi connectivity index (χ4v) is 1.90. The fraction of sp³-hybridized carbons (Fsp3) is 0.462. The van der Waals surface area contributed by atoms with Crippen molar-refractivity contribution in [3.05, 3.63) is 23.8 Å². The summed E-state index contributed by atoms with van der Waals surface area (Å²) in [4.78, 5) is 13.7. The van der Waals surface area contributed by atoms with Crippen molar-refractivity contribution in [3.8, 4) is 0 Å². The van der Waals surface area contributed by atoms with Crippen LogP contribution < -0.4 is 10.6 Å². The maximum atomic E-state index is 11.7. The van der Waals surface area contributed by atoms with E-state index in [1.165, 1.54) is 7.11 Å². The van der Waals surface area contributed by atoms with Crippen molar-refractivity contribution in [2.45, 2.75) is 13.8 Å². The first-order chi connectivity index (χ1) is 7.97.